The number of thiophene rings is 1. The Bertz CT molecular complexity index is 501. The molecule has 1 saturated heterocycles. The molecule has 1 atom stereocenters. The number of hydrogen-bond acceptors (Lipinski definition) is 4. The van der Waals surface area contributed by atoms with E-state index in [0.717, 1.165) is 8.26 Å². The van der Waals surface area contributed by atoms with E-state index in [4.69, 9.17) is 4.74 Å². The van der Waals surface area contributed by atoms with Crippen molar-refractivity contribution >= 4 is 55.0 Å². The summed E-state index contributed by atoms with van der Waals surface area (Å²) in [4.78, 5) is 26.7. The first-order chi connectivity index (χ1) is 9.54. The van der Waals surface area contributed by atoms with Gasteiger partial charge in [-0.1, -0.05) is 0 Å². The van der Waals surface area contributed by atoms with Gasteiger partial charge in [0.15, 0.2) is 0 Å². The molecule has 1 fully saturated rings. The van der Waals surface area contributed by atoms with Gasteiger partial charge < -0.3 is 15.0 Å². The van der Waals surface area contributed by atoms with Crippen LogP contribution in [0.5, 0.6) is 0 Å². The fourth-order valence-corrected chi connectivity index (χ4v) is 3.94. The van der Waals surface area contributed by atoms with Gasteiger partial charge >= 0.3 is 0 Å². The largest absolute Gasteiger partial charge is 0.377 e. The normalized spacial score (nSPS) is 18.9. The van der Waals surface area contributed by atoms with Crippen LogP contribution in [0.15, 0.2) is 14.3 Å². The Morgan fingerprint density at radius 3 is 2.90 bits per heavy atom. The third-order valence-corrected chi connectivity index (χ3v) is 6.14. The van der Waals surface area contributed by atoms with Gasteiger partial charge in [0.2, 0.25) is 5.91 Å². The lowest BCUT2D eigenvalue weighted by Gasteiger charge is -2.34. The van der Waals surface area contributed by atoms with E-state index in [1.165, 1.54) is 11.3 Å². The lowest BCUT2D eigenvalue weighted by molar-refractivity contribution is -0.130. The Kier molecular flexibility index (Phi) is 5.59. The monoisotopic (exact) mass is 424 g/mol. The van der Waals surface area contributed by atoms with Gasteiger partial charge in [0.25, 0.3) is 5.91 Å². The summed E-state index contributed by atoms with van der Waals surface area (Å²) in [7, 11) is 0. The average molecular weight is 426 g/mol. The maximum atomic E-state index is 12.5. The topological polar surface area (TPSA) is 58.6 Å². The molecule has 1 aromatic heterocycles. The number of carbonyl (C=O) groups excluding carboxylic acids is 2. The van der Waals surface area contributed by atoms with Crippen molar-refractivity contribution in [3.8, 4) is 0 Å². The highest BCUT2D eigenvalue weighted by molar-refractivity contribution is 9.13. The first-order valence-corrected chi connectivity index (χ1v) is 8.56. The molecule has 1 aliphatic heterocycles. The van der Waals surface area contributed by atoms with Crippen LogP contribution in [-0.2, 0) is 9.53 Å². The Morgan fingerprint density at radius 1 is 1.55 bits per heavy atom. The Labute approximate surface area is 137 Å². The number of hydrogen-bond donors (Lipinski definition) is 1. The predicted molar refractivity (Wildman–Crippen MR) is 84.0 cm³/mol. The van der Waals surface area contributed by atoms with Crippen molar-refractivity contribution in [3.05, 3.63) is 19.2 Å². The van der Waals surface area contributed by atoms with Crippen molar-refractivity contribution in [1.29, 1.82) is 0 Å². The maximum Gasteiger partial charge on any atom is 0.264 e. The summed E-state index contributed by atoms with van der Waals surface area (Å²) in [6, 6.07) is 1.21. The number of nitrogens with zero attached hydrogens (tertiary/aromatic N) is 1. The molecule has 5 nitrogen and oxygen atoms in total. The summed E-state index contributed by atoms with van der Waals surface area (Å²) in [5.41, 5.74) is 0. The summed E-state index contributed by atoms with van der Waals surface area (Å²) in [6.45, 7) is 3.50. The zero-order valence-electron chi connectivity index (χ0n) is 10.8. The van der Waals surface area contributed by atoms with Crippen molar-refractivity contribution in [3.63, 3.8) is 0 Å². The third-order valence-electron chi connectivity index (χ3n) is 2.90. The Morgan fingerprint density at radius 2 is 2.30 bits per heavy atom. The molecular formula is C12H14Br2N2O3S. The number of rotatable bonds is 3. The lowest BCUT2D eigenvalue weighted by Crippen LogP contribution is -2.55. The van der Waals surface area contributed by atoms with Gasteiger partial charge in [-0.2, -0.15) is 0 Å². The van der Waals surface area contributed by atoms with Crippen LogP contribution in [0.3, 0.4) is 0 Å². The Hall–Kier alpha value is -0.440. The van der Waals surface area contributed by atoms with E-state index in [2.05, 4.69) is 37.2 Å². The van der Waals surface area contributed by atoms with Crippen LogP contribution in [-0.4, -0.2) is 49.1 Å². The molecule has 0 spiro atoms. The van der Waals surface area contributed by atoms with Gasteiger partial charge in [-0.25, -0.2) is 0 Å². The maximum absolute atomic E-state index is 12.5. The molecule has 2 heterocycles. The quantitative estimate of drug-likeness (QED) is 0.807. The number of nitrogens with one attached hydrogen (secondary N) is 1. The second-order valence-corrected chi connectivity index (χ2v) is 7.44. The first-order valence-electron chi connectivity index (χ1n) is 6.15. The molecule has 0 saturated carbocycles. The van der Waals surface area contributed by atoms with Gasteiger partial charge in [0.1, 0.15) is 6.04 Å². The summed E-state index contributed by atoms with van der Waals surface area (Å²) in [5, 5.41) is 2.74. The number of halogens is 2. The van der Waals surface area contributed by atoms with E-state index < -0.39 is 6.04 Å². The van der Waals surface area contributed by atoms with Crippen LogP contribution in [0.4, 0.5) is 0 Å². The first kappa shape index (κ1) is 15.9. The summed E-state index contributed by atoms with van der Waals surface area (Å²) in [5.74, 6) is -0.309. The standard InChI is InChI=1S/C12H14Br2N2O3S/c1-2-15-11(17)8-6-19-4-3-16(8)12(18)9-5-7(13)10(14)20-9/h5,8H,2-4,6H2,1H3,(H,15,17). The molecule has 0 bridgehead atoms. The van der Waals surface area contributed by atoms with E-state index in [0.29, 0.717) is 24.6 Å². The van der Waals surface area contributed by atoms with E-state index in [9.17, 15) is 9.59 Å². The van der Waals surface area contributed by atoms with Gasteiger partial charge in [0.05, 0.1) is 21.9 Å². The van der Waals surface area contributed by atoms with E-state index in [1.807, 2.05) is 6.92 Å². The molecule has 2 rings (SSSR count). The highest BCUT2D eigenvalue weighted by Gasteiger charge is 2.33. The van der Waals surface area contributed by atoms with Crippen LogP contribution < -0.4 is 5.32 Å². The van der Waals surface area contributed by atoms with Crippen LogP contribution in [0, 0.1) is 0 Å². The lowest BCUT2D eigenvalue weighted by atomic mass is 10.2. The molecule has 110 valence electrons. The minimum Gasteiger partial charge on any atom is -0.377 e. The smallest absolute Gasteiger partial charge is 0.264 e. The van der Waals surface area contributed by atoms with Gasteiger partial charge in [-0.05, 0) is 44.8 Å². The zero-order valence-corrected chi connectivity index (χ0v) is 14.8. The van der Waals surface area contributed by atoms with Gasteiger partial charge in [-0.3, -0.25) is 9.59 Å². The molecule has 0 radical (unpaired) electrons. The van der Waals surface area contributed by atoms with Crippen molar-refractivity contribution in [2.24, 2.45) is 0 Å². The number of amides is 2. The summed E-state index contributed by atoms with van der Waals surface area (Å²) in [6.07, 6.45) is 0. The molecule has 1 aromatic rings. The van der Waals surface area contributed by atoms with Crippen LogP contribution in [0.25, 0.3) is 0 Å². The second-order valence-electron chi connectivity index (χ2n) is 4.22. The molecule has 1 aliphatic rings. The van der Waals surface area contributed by atoms with Crippen LogP contribution in [0.1, 0.15) is 16.6 Å². The van der Waals surface area contributed by atoms with Gasteiger partial charge in [-0.15, -0.1) is 11.3 Å². The average Bonchev–Trinajstić information content (AvgIpc) is 2.78. The highest BCUT2D eigenvalue weighted by Crippen LogP contribution is 2.33. The fraction of sp³-hybridized carbons (Fsp3) is 0.500. The van der Waals surface area contributed by atoms with E-state index >= 15 is 0 Å². The zero-order chi connectivity index (χ0) is 14.7. The molecule has 0 aromatic carbocycles. The van der Waals surface area contributed by atoms with E-state index in [1.54, 1.807) is 11.0 Å². The fourth-order valence-electron chi connectivity index (χ4n) is 1.95. The minimum absolute atomic E-state index is 0.138. The number of ether oxygens (including phenoxy) is 1. The molecule has 1 unspecified atom stereocenters. The minimum atomic E-state index is -0.559. The van der Waals surface area contributed by atoms with Crippen molar-refractivity contribution in [2.45, 2.75) is 13.0 Å². The van der Waals surface area contributed by atoms with E-state index in [-0.39, 0.29) is 18.4 Å². The summed E-state index contributed by atoms with van der Waals surface area (Å²) < 4.78 is 7.03. The number of carbonyl (C=O) groups is 2. The highest BCUT2D eigenvalue weighted by atomic mass is 79.9. The van der Waals surface area contributed by atoms with Gasteiger partial charge in [0, 0.05) is 17.6 Å². The molecule has 8 heteroatoms. The predicted octanol–water partition coefficient (Wildman–Crippen LogP) is 2.25. The molecule has 1 N–H and O–H groups in total. The van der Waals surface area contributed by atoms with Crippen LogP contribution in [0.2, 0.25) is 0 Å². The third kappa shape index (κ3) is 3.41. The number of likely N-dealkylation sites (N-methyl/N-ethyl adjacent to an activating group) is 1. The summed E-state index contributed by atoms with van der Waals surface area (Å²) >= 11 is 8.09. The molecule has 20 heavy (non-hydrogen) atoms. The van der Waals surface area contributed by atoms with Crippen LogP contribution >= 0.6 is 43.2 Å². The SMILES string of the molecule is CCNC(=O)C1COCCN1C(=O)c1cc(Br)c(Br)s1. The molecular weight excluding hydrogens is 412 g/mol. The van der Waals surface area contributed by atoms with Crippen molar-refractivity contribution < 1.29 is 14.3 Å². The molecule has 2 amide bonds. The van der Waals surface area contributed by atoms with Crippen molar-refractivity contribution in [1.82, 2.24) is 10.2 Å². The Balaban J connectivity index is 2.19. The second kappa shape index (κ2) is 7.02. The van der Waals surface area contributed by atoms with Crippen molar-refractivity contribution in [2.75, 3.05) is 26.3 Å². The number of morpholine rings is 1. The molecule has 0 aliphatic carbocycles.